The summed E-state index contributed by atoms with van der Waals surface area (Å²) < 4.78 is 42.9. The van der Waals surface area contributed by atoms with Gasteiger partial charge < -0.3 is 14.2 Å². The SMILES string of the molecule is COc1cc(C(=O)c2cc(-c3ccc(F)cc3F)cs2)cc(OC)c1OC. The molecule has 0 aliphatic carbocycles. The smallest absolute Gasteiger partial charge is 0.203 e. The lowest BCUT2D eigenvalue weighted by molar-refractivity contribution is 0.104. The van der Waals surface area contributed by atoms with E-state index in [2.05, 4.69) is 0 Å². The molecule has 3 aromatic rings. The minimum absolute atomic E-state index is 0.233. The van der Waals surface area contributed by atoms with Gasteiger partial charge in [-0.1, -0.05) is 0 Å². The van der Waals surface area contributed by atoms with Crippen LogP contribution < -0.4 is 14.2 Å². The Morgan fingerprint density at radius 2 is 1.59 bits per heavy atom. The highest BCUT2D eigenvalue weighted by Crippen LogP contribution is 2.39. The monoisotopic (exact) mass is 390 g/mol. The van der Waals surface area contributed by atoms with Crippen LogP contribution >= 0.6 is 11.3 Å². The minimum Gasteiger partial charge on any atom is -0.493 e. The van der Waals surface area contributed by atoms with Crippen molar-refractivity contribution in [2.75, 3.05) is 21.3 Å². The van der Waals surface area contributed by atoms with Crippen LogP contribution in [0.5, 0.6) is 17.2 Å². The van der Waals surface area contributed by atoms with Crippen molar-refractivity contribution in [2.24, 2.45) is 0 Å². The predicted molar refractivity (Wildman–Crippen MR) is 99.2 cm³/mol. The number of hydrogen-bond donors (Lipinski definition) is 0. The first-order valence-corrected chi connectivity index (χ1v) is 8.75. The fourth-order valence-electron chi connectivity index (χ4n) is 2.67. The van der Waals surface area contributed by atoms with Gasteiger partial charge >= 0.3 is 0 Å². The van der Waals surface area contributed by atoms with Gasteiger partial charge in [-0.25, -0.2) is 8.78 Å². The molecule has 0 bridgehead atoms. The molecule has 140 valence electrons. The van der Waals surface area contributed by atoms with Crippen molar-refractivity contribution >= 4 is 17.1 Å². The number of thiophene rings is 1. The number of carbonyl (C=O) groups is 1. The summed E-state index contributed by atoms with van der Waals surface area (Å²) in [5.41, 5.74) is 1.09. The van der Waals surface area contributed by atoms with Crippen LogP contribution in [0.1, 0.15) is 15.2 Å². The molecule has 4 nitrogen and oxygen atoms in total. The topological polar surface area (TPSA) is 44.8 Å². The molecule has 0 amide bonds. The van der Waals surface area contributed by atoms with Crippen LogP contribution in [0.2, 0.25) is 0 Å². The van der Waals surface area contributed by atoms with Crippen LogP contribution in [0.4, 0.5) is 8.78 Å². The molecule has 0 aliphatic rings. The Hall–Kier alpha value is -2.93. The van der Waals surface area contributed by atoms with Crippen LogP contribution in [0.25, 0.3) is 11.1 Å². The van der Waals surface area contributed by atoms with Crippen LogP contribution in [-0.2, 0) is 0 Å². The Kier molecular flexibility index (Phi) is 5.41. The van der Waals surface area contributed by atoms with Gasteiger partial charge in [-0.3, -0.25) is 4.79 Å². The van der Waals surface area contributed by atoms with E-state index in [1.54, 1.807) is 23.6 Å². The second-order valence-electron chi connectivity index (χ2n) is 5.57. The van der Waals surface area contributed by atoms with Crippen LogP contribution in [0.15, 0.2) is 41.8 Å². The molecule has 0 aliphatic heterocycles. The maximum Gasteiger partial charge on any atom is 0.203 e. The zero-order chi connectivity index (χ0) is 19.6. The summed E-state index contributed by atoms with van der Waals surface area (Å²) >= 11 is 1.17. The van der Waals surface area contributed by atoms with Crippen LogP contribution in [-0.4, -0.2) is 27.1 Å². The Morgan fingerprint density at radius 1 is 0.926 bits per heavy atom. The average Bonchev–Trinajstić information content (AvgIpc) is 3.15. The Labute approximate surface area is 158 Å². The summed E-state index contributed by atoms with van der Waals surface area (Å²) in [6, 6.07) is 8.03. The minimum atomic E-state index is -0.681. The molecule has 27 heavy (non-hydrogen) atoms. The van der Waals surface area contributed by atoms with E-state index in [-0.39, 0.29) is 11.3 Å². The number of carbonyl (C=O) groups excluding carboxylic acids is 1. The largest absolute Gasteiger partial charge is 0.493 e. The first kappa shape index (κ1) is 18.8. The third-order valence-electron chi connectivity index (χ3n) is 3.99. The van der Waals surface area contributed by atoms with Gasteiger partial charge in [0.2, 0.25) is 11.5 Å². The molecule has 0 spiro atoms. The molecule has 1 aromatic heterocycles. The molecule has 0 radical (unpaired) electrons. The molecule has 0 unspecified atom stereocenters. The lowest BCUT2D eigenvalue weighted by Crippen LogP contribution is -2.02. The van der Waals surface area contributed by atoms with Crippen molar-refractivity contribution in [1.82, 2.24) is 0 Å². The zero-order valence-electron chi connectivity index (χ0n) is 14.8. The summed E-state index contributed by atoms with van der Waals surface area (Å²) in [7, 11) is 4.41. The zero-order valence-corrected chi connectivity index (χ0v) is 15.7. The molecule has 1 heterocycles. The van der Waals surface area contributed by atoms with Gasteiger partial charge in [0.15, 0.2) is 11.5 Å². The molecular weight excluding hydrogens is 374 g/mol. The maximum atomic E-state index is 14.0. The van der Waals surface area contributed by atoms with Crippen molar-refractivity contribution < 1.29 is 27.8 Å². The molecule has 2 aromatic carbocycles. The molecular formula is C20H16F2O4S. The van der Waals surface area contributed by atoms with Gasteiger partial charge in [-0.05, 0) is 41.3 Å². The molecule has 0 saturated carbocycles. The third-order valence-corrected chi connectivity index (χ3v) is 4.92. The van der Waals surface area contributed by atoms with Crippen LogP contribution in [0.3, 0.4) is 0 Å². The highest BCUT2D eigenvalue weighted by Gasteiger charge is 2.20. The van der Waals surface area contributed by atoms with Crippen molar-refractivity contribution in [3.8, 4) is 28.4 Å². The van der Waals surface area contributed by atoms with Crippen LogP contribution in [0, 0.1) is 11.6 Å². The number of ether oxygens (including phenoxy) is 3. The highest BCUT2D eigenvalue weighted by molar-refractivity contribution is 7.12. The van der Waals surface area contributed by atoms with Crippen molar-refractivity contribution in [3.05, 3.63) is 63.9 Å². The summed E-state index contributed by atoms with van der Waals surface area (Å²) in [6.45, 7) is 0. The van der Waals surface area contributed by atoms with Crippen molar-refractivity contribution in [2.45, 2.75) is 0 Å². The lowest BCUT2D eigenvalue weighted by Gasteiger charge is -2.13. The van der Waals surface area contributed by atoms with E-state index in [0.717, 1.165) is 6.07 Å². The average molecular weight is 390 g/mol. The fourth-order valence-corrected chi connectivity index (χ4v) is 3.54. The number of benzene rings is 2. The van der Waals surface area contributed by atoms with Gasteiger partial charge in [-0.15, -0.1) is 11.3 Å². The number of methoxy groups -OCH3 is 3. The van der Waals surface area contributed by atoms with E-state index >= 15 is 0 Å². The van der Waals surface area contributed by atoms with E-state index in [1.165, 1.54) is 44.8 Å². The van der Waals surface area contributed by atoms with Crippen molar-refractivity contribution in [1.29, 1.82) is 0 Å². The Morgan fingerprint density at radius 3 is 2.15 bits per heavy atom. The van der Waals surface area contributed by atoms with E-state index < -0.39 is 11.6 Å². The normalized spacial score (nSPS) is 10.6. The fraction of sp³-hybridized carbons (Fsp3) is 0.150. The van der Waals surface area contributed by atoms with Gasteiger partial charge in [-0.2, -0.15) is 0 Å². The summed E-state index contributed by atoms with van der Waals surface area (Å²) in [5.74, 6) is -0.493. The summed E-state index contributed by atoms with van der Waals surface area (Å²) in [6.07, 6.45) is 0. The second-order valence-corrected chi connectivity index (χ2v) is 6.48. The molecule has 0 atom stereocenters. The molecule has 0 saturated heterocycles. The lowest BCUT2D eigenvalue weighted by atomic mass is 10.0. The van der Waals surface area contributed by atoms with Gasteiger partial charge in [0.1, 0.15) is 11.6 Å². The first-order chi connectivity index (χ1) is 13.0. The van der Waals surface area contributed by atoms with E-state index in [1.807, 2.05) is 0 Å². The number of halogens is 2. The second kappa shape index (κ2) is 7.75. The Bertz CT molecular complexity index is 972. The Balaban J connectivity index is 1.99. The number of hydrogen-bond acceptors (Lipinski definition) is 5. The first-order valence-electron chi connectivity index (χ1n) is 7.87. The van der Waals surface area contributed by atoms with Gasteiger partial charge in [0.05, 0.1) is 26.2 Å². The maximum absolute atomic E-state index is 14.0. The molecule has 0 fully saturated rings. The third kappa shape index (κ3) is 3.64. The predicted octanol–water partition coefficient (Wildman–Crippen LogP) is 4.95. The van der Waals surface area contributed by atoms with E-state index in [9.17, 15) is 13.6 Å². The van der Waals surface area contributed by atoms with Gasteiger partial charge in [0, 0.05) is 17.2 Å². The molecule has 0 N–H and O–H groups in total. The quantitative estimate of drug-likeness (QED) is 0.559. The highest BCUT2D eigenvalue weighted by atomic mass is 32.1. The molecule has 3 rings (SSSR count). The summed E-state index contributed by atoms with van der Waals surface area (Å²) in [4.78, 5) is 13.3. The number of ketones is 1. The van der Waals surface area contributed by atoms with E-state index in [4.69, 9.17) is 14.2 Å². The number of rotatable bonds is 6. The van der Waals surface area contributed by atoms with Gasteiger partial charge in [0.25, 0.3) is 0 Å². The van der Waals surface area contributed by atoms with Crippen molar-refractivity contribution in [3.63, 3.8) is 0 Å². The standard InChI is InChI=1S/C20H16F2O4S/c1-24-16-6-11(7-17(25-2)20(16)26-3)19(23)18-8-12(10-27-18)14-5-4-13(21)9-15(14)22/h4-10H,1-3H3. The molecule has 7 heteroatoms. The summed E-state index contributed by atoms with van der Waals surface area (Å²) in [5, 5.41) is 1.65. The van der Waals surface area contributed by atoms with E-state index in [0.29, 0.717) is 33.3 Å².